The van der Waals surface area contributed by atoms with Crippen LogP contribution in [0.4, 0.5) is 9.59 Å². The highest BCUT2D eigenvalue weighted by Gasteiger charge is 2.42. The maximum Gasteiger partial charge on any atom is 0.318 e. The SMILES string of the molecule is CC1(C)CC(NC(=O)N(Cc2ccccc2)Cc2ccccc2)CC(C)(CNC(=O)N(Cc2ccccc2)Cc2ccccc2)C1. The maximum absolute atomic E-state index is 13.9. The highest BCUT2D eigenvalue weighted by atomic mass is 16.2. The van der Waals surface area contributed by atoms with Crippen molar-refractivity contribution in [2.75, 3.05) is 6.54 Å². The summed E-state index contributed by atoms with van der Waals surface area (Å²) in [6, 6.07) is 40.4. The first kappa shape index (κ1) is 32.8. The van der Waals surface area contributed by atoms with Crippen LogP contribution in [0.25, 0.3) is 0 Å². The summed E-state index contributed by atoms with van der Waals surface area (Å²) in [5.74, 6) is 0. The fourth-order valence-electron chi connectivity index (χ4n) is 7.15. The second-order valence-corrected chi connectivity index (χ2v) is 14.0. The number of nitrogens with zero attached hydrogens (tertiary/aromatic N) is 2. The average molecular weight is 617 g/mol. The Kier molecular flexibility index (Phi) is 10.8. The Morgan fingerprint density at radius 1 is 0.587 bits per heavy atom. The van der Waals surface area contributed by atoms with Crippen molar-refractivity contribution in [2.24, 2.45) is 10.8 Å². The molecule has 1 saturated carbocycles. The Morgan fingerprint density at radius 2 is 0.957 bits per heavy atom. The normalized spacial score (nSPS) is 18.7. The van der Waals surface area contributed by atoms with Crippen LogP contribution in [0.1, 0.15) is 62.3 Å². The van der Waals surface area contributed by atoms with E-state index in [2.05, 4.69) is 79.9 Å². The number of rotatable bonds is 11. The maximum atomic E-state index is 13.9. The van der Waals surface area contributed by atoms with Crippen LogP contribution in [-0.4, -0.2) is 34.4 Å². The summed E-state index contributed by atoms with van der Waals surface area (Å²) in [4.78, 5) is 31.4. The van der Waals surface area contributed by atoms with Gasteiger partial charge in [-0.15, -0.1) is 0 Å². The summed E-state index contributed by atoms with van der Waals surface area (Å²) in [6.45, 7) is 9.45. The molecule has 0 aliphatic heterocycles. The van der Waals surface area contributed by atoms with Crippen LogP contribution in [0.3, 0.4) is 0 Å². The van der Waals surface area contributed by atoms with E-state index in [4.69, 9.17) is 0 Å². The lowest BCUT2D eigenvalue weighted by Crippen LogP contribution is -2.53. The van der Waals surface area contributed by atoms with Gasteiger partial charge >= 0.3 is 12.1 Å². The lowest BCUT2D eigenvalue weighted by Gasteiger charge is -2.47. The van der Waals surface area contributed by atoms with E-state index >= 15 is 0 Å². The van der Waals surface area contributed by atoms with Crippen LogP contribution in [0.2, 0.25) is 0 Å². The zero-order valence-corrected chi connectivity index (χ0v) is 27.5. The van der Waals surface area contributed by atoms with E-state index in [-0.39, 0.29) is 28.9 Å². The molecule has 46 heavy (non-hydrogen) atoms. The first-order valence-electron chi connectivity index (χ1n) is 16.4. The third kappa shape index (κ3) is 9.71. The number of benzene rings is 4. The summed E-state index contributed by atoms with van der Waals surface area (Å²) in [5, 5.41) is 6.71. The monoisotopic (exact) mass is 616 g/mol. The van der Waals surface area contributed by atoms with Crippen LogP contribution in [0, 0.1) is 10.8 Å². The summed E-state index contributed by atoms with van der Waals surface area (Å²) in [5.41, 5.74) is 4.22. The molecular formula is C40H48N4O2. The van der Waals surface area contributed by atoms with Gasteiger partial charge in [0.15, 0.2) is 0 Å². The topological polar surface area (TPSA) is 64.7 Å². The quantitative estimate of drug-likeness (QED) is 0.178. The molecule has 5 rings (SSSR count). The molecule has 4 aromatic rings. The lowest BCUT2D eigenvalue weighted by molar-refractivity contribution is 0.0701. The smallest absolute Gasteiger partial charge is 0.318 e. The van der Waals surface area contributed by atoms with Crippen molar-refractivity contribution in [3.63, 3.8) is 0 Å². The second kappa shape index (κ2) is 15.1. The first-order valence-corrected chi connectivity index (χ1v) is 16.4. The van der Waals surface area contributed by atoms with Crippen LogP contribution < -0.4 is 10.6 Å². The molecule has 0 radical (unpaired) electrons. The van der Waals surface area contributed by atoms with Crippen molar-refractivity contribution < 1.29 is 9.59 Å². The van der Waals surface area contributed by atoms with Gasteiger partial charge in [0.05, 0.1) is 0 Å². The third-order valence-corrected chi connectivity index (χ3v) is 8.88. The molecule has 0 aromatic heterocycles. The van der Waals surface area contributed by atoms with Gasteiger partial charge in [-0.3, -0.25) is 0 Å². The van der Waals surface area contributed by atoms with E-state index in [1.165, 1.54) is 0 Å². The van der Waals surface area contributed by atoms with E-state index in [1.807, 2.05) is 82.6 Å². The van der Waals surface area contributed by atoms with Crippen molar-refractivity contribution in [1.29, 1.82) is 0 Å². The van der Waals surface area contributed by atoms with Crippen LogP contribution >= 0.6 is 0 Å². The minimum atomic E-state index is -0.176. The van der Waals surface area contributed by atoms with Crippen molar-refractivity contribution in [3.8, 4) is 0 Å². The highest BCUT2D eigenvalue weighted by Crippen LogP contribution is 2.46. The molecule has 2 unspecified atom stereocenters. The average Bonchev–Trinajstić information content (AvgIpc) is 3.04. The van der Waals surface area contributed by atoms with Crippen molar-refractivity contribution in [1.82, 2.24) is 20.4 Å². The Labute approximate surface area is 274 Å². The number of carbonyl (C=O) groups excluding carboxylic acids is 2. The lowest BCUT2D eigenvalue weighted by atomic mass is 9.62. The number of amides is 4. The molecule has 0 saturated heterocycles. The van der Waals surface area contributed by atoms with Gasteiger partial charge in [-0.05, 0) is 52.3 Å². The fraction of sp³-hybridized carbons (Fsp3) is 0.350. The Balaban J connectivity index is 1.26. The molecule has 0 bridgehead atoms. The minimum absolute atomic E-state index is 0.00283. The van der Waals surface area contributed by atoms with E-state index in [1.54, 1.807) is 0 Å². The van der Waals surface area contributed by atoms with Gasteiger partial charge in [0.1, 0.15) is 0 Å². The summed E-state index contributed by atoms with van der Waals surface area (Å²) < 4.78 is 0. The van der Waals surface area contributed by atoms with Crippen molar-refractivity contribution in [3.05, 3.63) is 144 Å². The van der Waals surface area contributed by atoms with Gasteiger partial charge in [0.25, 0.3) is 0 Å². The molecule has 2 atom stereocenters. The summed E-state index contributed by atoms with van der Waals surface area (Å²) >= 11 is 0. The van der Waals surface area contributed by atoms with Crippen LogP contribution in [-0.2, 0) is 26.2 Å². The molecule has 1 aliphatic carbocycles. The standard InChI is InChI=1S/C40H48N4O2/c1-39(2)24-36(42-38(46)44(28-34-20-12-6-13-21-34)29-35-22-14-7-15-23-35)25-40(3,30-39)31-41-37(45)43(26-32-16-8-4-9-17-32)27-33-18-10-5-11-19-33/h4-23,36H,24-31H2,1-3H3,(H,41,45)(H,42,46). The van der Waals surface area contributed by atoms with Gasteiger partial charge in [-0.1, -0.05) is 142 Å². The molecule has 2 N–H and O–H groups in total. The molecule has 6 nitrogen and oxygen atoms in total. The predicted octanol–water partition coefficient (Wildman–Crippen LogP) is 8.40. The molecule has 1 fully saturated rings. The molecule has 4 amide bonds. The minimum Gasteiger partial charge on any atom is -0.337 e. The first-order chi connectivity index (χ1) is 22.2. The molecule has 6 heteroatoms. The fourth-order valence-corrected chi connectivity index (χ4v) is 7.15. The van der Waals surface area contributed by atoms with Gasteiger partial charge in [-0.25, -0.2) is 9.59 Å². The largest absolute Gasteiger partial charge is 0.337 e. The van der Waals surface area contributed by atoms with Gasteiger partial charge in [0, 0.05) is 38.8 Å². The summed E-state index contributed by atoms with van der Waals surface area (Å²) in [6.07, 6.45) is 2.65. The highest BCUT2D eigenvalue weighted by molar-refractivity contribution is 5.75. The Morgan fingerprint density at radius 3 is 1.35 bits per heavy atom. The van der Waals surface area contributed by atoms with Gasteiger partial charge in [0.2, 0.25) is 0 Å². The zero-order chi connectivity index (χ0) is 32.4. The van der Waals surface area contributed by atoms with Gasteiger partial charge < -0.3 is 20.4 Å². The number of carbonyl (C=O) groups is 2. The number of hydrogen-bond donors (Lipinski definition) is 2. The number of nitrogens with one attached hydrogen (secondary N) is 2. The number of hydrogen-bond acceptors (Lipinski definition) is 2. The van der Waals surface area contributed by atoms with E-state index in [0.717, 1.165) is 41.5 Å². The third-order valence-electron chi connectivity index (χ3n) is 8.88. The van der Waals surface area contributed by atoms with Gasteiger partial charge in [-0.2, -0.15) is 0 Å². The summed E-state index contributed by atoms with van der Waals surface area (Å²) in [7, 11) is 0. The van der Waals surface area contributed by atoms with Crippen LogP contribution in [0.15, 0.2) is 121 Å². The zero-order valence-electron chi connectivity index (χ0n) is 27.5. The molecule has 240 valence electrons. The van der Waals surface area contributed by atoms with E-state index < -0.39 is 0 Å². The second-order valence-electron chi connectivity index (χ2n) is 14.0. The van der Waals surface area contributed by atoms with E-state index in [0.29, 0.717) is 32.7 Å². The molecule has 4 aromatic carbocycles. The van der Waals surface area contributed by atoms with Crippen molar-refractivity contribution >= 4 is 12.1 Å². The molecular weight excluding hydrogens is 568 g/mol. The Hall–Kier alpha value is -4.58. The molecule has 0 heterocycles. The molecule has 1 aliphatic rings. The Bertz CT molecular complexity index is 1450. The van der Waals surface area contributed by atoms with Crippen LogP contribution in [0.5, 0.6) is 0 Å². The van der Waals surface area contributed by atoms with Crippen molar-refractivity contribution in [2.45, 2.75) is 72.3 Å². The molecule has 0 spiro atoms. The van der Waals surface area contributed by atoms with E-state index in [9.17, 15) is 9.59 Å². The predicted molar refractivity (Wildman–Crippen MR) is 186 cm³/mol. The number of urea groups is 2.